The maximum absolute atomic E-state index is 13.1. The summed E-state index contributed by atoms with van der Waals surface area (Å²) in [5.74, 6) is -0.502. The smallest absolute Gasteiger partial charge is 0.378 e. The molecule has 1 saturated carbocycles. The number of hydrogen-bond donors (Lipinski definition) is 1. The minimum Gasteiger partial charge on any atom is -0.378 e. The van der Waals surface area contributed by atoms with Crippen molar-refractivity contribution in [1.82, 2.24) is 20.1 Å². The van der Waals surface area contributed by atoms with Crippen molar-refractivity contribution < 1.29 is 27.3 Å². The Kier molecular flexibility index (Phi) is 4.80. The molecule has 12 heteroatoms. The van der Waals surface area contributed by atoms with Gasteiger partial charge in [-0.25, -0.2) is 4.63 Å². The highest BCUT2D eigenvalue weighted by atomic mass is 19.4. The molecular weight excluding hydrogens is 417 g/mol. The summed E-state index contributed by atoms with van der Waals surface area (Å²) in [5, 5.41) is 14.2. The molecule has 1 N–H and O–H groups in total. The third kappa shape index (κ3) is 3.94. The first-order valence-corrected chi connectivity index (χ1v) is 9.93. The van der Waals surface area contributed by atoms with Crippen molar-refractivity contribution in [2.45, 2.75) is 31.5 Å². The van der Waals surface area contributed by atoms with E-state index in [-0.39, 0.29) is 12.5 Å². The van der Waals surface area contributed by atoms with Crippen LogP contribution in [0.1, 0.15) is 30.1 Å². The van der Waals surface area contributed by atoms with Gasteiger partial charge in [0.15, 0.2) is 16.7 Å². The Hall–Kier alpha value is -3.15. The molecule has 0 bridgehead atoms. The van der Waals surface area contributed by atoms with Gasteiger partial charge in [0.2, 0.25) is 5.91 Å². The number of aromatic nitrogens is 4. The molecule has 0 radical (unpaired) electrons. The number of rotatable bonds is 5. The molecule has 1 aliphatic carbocycles. The second kappa shape index (κ2) is 7.52. The van der Waals surface area contributed by atoms with Crippen molar-refractivity contribution in [3.63, 3.8) is 0 Å². The van der Waals surface area contributed by atoms with Crippen LogP contribution in [0.2, 0.25) is 0 Å². The van der Waals surface area contributed by atoms with E-state index in [1.165, 1.54) is 0 Å². The van der Waals surface area contributed by atoms with Gasteiger partial charge in [0.25, 0.3) is 0 Å². The Bertz CT molecular complexity index is 1110. The van der Waals surface area contributed by atoms with Crippen LogP contribution >= 0.6 is 0 Å². The lowest BCUT2D eigenvalue weighted by Gasteiger charge is -2.28. The number of benzene rings is 1. The van der Waals surface area contributed by atoms with Gasteiger partial charge in [0, 0.05) is 24.7 Å². The molecule has 5 rings (SSSR count). The first-order valence-electron chi connectivity index (χ1n) is 9.93. The predicted molar refractivity (Wildman–Crippen MR) is 103 cm³/mol. The summed E-state index contributed by atoms with van der Waals surface area (Å²) in [6.45, 7) is 2.24. The van der Waals surface area contributed by atoms with Crippen molar-refractivity contribution in [2.24, 2.45) is 0 Å². The van der Waals surface area contributed by atoms with Gasteiger partial charge in [0.05, 0.1) is 24.6 Å². The van der Waals surface area contributed by atoms with Gasteiger partial charge in [-0.15, -0.1) is 0 Å². The Morgan fingerprint density at radius 1 is 1.16 bits per heavy atom. The normalized spacial score (nSPS) is 17.3. The largest absolute Gasteiger partial charge is 0.435 e. The average Bonchev–Trinajstić information content (AvgIpc) is 3.29. The molecule has 31 heavy (non-hydrogen) atoms. The molecule has 1 saturated heterocycles. The van der Waals surface area contributed by atoms with Crippen LogP contribution in [0.4, 0.5) is 24.5 Å². The summed E-state index contributed by atoms with van der Waals surface area (Å²) >= 11 is 0. The van der Waals surface area contributed by atoms with Crippen molar-refractivity contribution in [2.75, 3.05) is 36.5 Å². The molecule has 164 valence electrons. The molecule has 0 unspecified atom stereocenters. The van der Waals surface area contributed by atoms with Crippen molar-refractivity contribution in [3.05, 3.63) is 29.6 Å². The molecule has 3 heterocycles. The highest BCUT2D eigenvalue weighted by Gasteiger charge is 2.38. The number of ether oxygens (including phenoxy) is 1. The highest BCUT2D eigenvalue weighted by Crippen LogP contribution is 2.42. The Balaban J connectivity index is 1.37. The van der Waals surface area contributed by atoms with Crippen LogP contribution in [0, 0.1) is 0 Å². The van der Waals surface area contributed by atoms with Gasteiger partial charge in [-0.2, -0.15) is 18.3 Å². The summed E-state index contributed by atoms with van der Waals surface area (Å²) in [6.07, 6.45) is -2.98. The average molecular weight is 436 g/mol. The predicted octanol–water partition coefficient (Wildman–Crippen LogP) is 2.79. The van der Waals surface area contributed by atoms with Crippen LogP contribution in [-0.4, -0.2) is 52.3 Å². The molecule has 0 atom stereocenters. The summed E-state index contributed by atoms with van der Waals surface area (Å²) < 4.78 is 50.6. The second-order valence-corrected chi connectivity index (χ2v) is 7.63. The number of amides is 1. The molecular formula is C19H19F3N6O3. The van der Waals surface area contributed by atoms with Crippen molar-refractivity contribution in [1.29, 1.82) is 0 Å². The molecule has 0 spiro atoms. The highest BCUT2D eigenvalue weighted by molar-refractivity contribution is 6.02. The lowest BCUT2D eigenvalue weighted by atomic mass is 10.2. The van der Waals surface area contributed by atoms with Crippen molar-refractivity contribution in [3.8, 4) is 0 Å². The number of nitrogens with zero attached hydrogens (tertiary/aromatic N) is 5. The van der Waals surface area contributed by atoms with Gasteiger partial charge >= 0.3 is 6.18 Å². The van der Waals surface area contributed by atoms with E-state index in [1.807, 2.05) is 0 Å². The molecule has 2 aliphatic rings. The number of carbonyl (C=O) groups excluding carboxylic acids is 1. The van der Waals surface area contributed by atoms with Crippen LogP contribution < -0.4 is 10.2 Å². The molecule has 9 nitrogen and oxygen atoms in total. The van der Waals surface area contributed by atoms with E-state index in [0.29, 0.717) is 48.7 Å². The third-order valence-corrected chi connectivity index (χ3v) is 5.41. The standard InChI is InChI=1S/C19H19F3N6O3/c20-19(21,22)15-9-14(11-1-2-11)28(24-15)10-16(29)23-12-3-4-13(18-17(12)25-31-26-18)27-5-7-30-8-6-27/h3-4,9,11H,1-2,5-8,10H2,(H,23,29). The number of alkyl halides is 3. The first kappa shape index (κ1) is 19.8. The monoisotopic (exact) mass is 436 g/mol. The minimum atomic E-state index is -4.56. The minimum absolute atomic E-state index is 0.00986. The number of anilines is 2. The fraction of sp³-hybridized carbons (Fsp3) is 0.474. The number of morpholine rings is 1. The fourth-order valence-corrected chi connectivity index (χ4v) is 3.74. The van der Waals surface area contributed by atoms with E-state index in [2.05, 4.69) is 25.6 Å². The summed E-state index contributed by atoms with van der Waals surface area (Å²) in [7, 11) is 0. The molecule has 2 fully saturated rings. The van der Waals surface area contributed by atoms with Gasteiger partial charge in [0.1, 0.15) is 6.54 Å². The number of halogens is 3. The van der Waals surface area contributed by atoms with E-state index in [9.17, 15) is 18.0 Å². The lowest BCUT2D eigenvalue weighted by Crippen LogP contribution is -2.36. The Labute approximate surface area is 174 Å². The van der Waals surface area contributed by atoms with Crippen LogP contribution in [0.3, 0.4) is 0 Å². The summed E-state index contributed by atoms with van der Waals surface area (Å²) in [6, 6.07) is 4.52. The van der Waals surface area contributed by atoms with Gasteiger partial charge in [-0.3, -0.25) is 9.48 Å². The Morgan fingerprint density at radius 2 is 1.90 bits per heavy atom. The summed E-state index contributed by atoms with van der Waals surface area (Å²) in [4.78, 5) is 14.7. The van der Waals surface area contributed by atoms with Crippen LogP contribution in [-0.2, 0) is 22.3 Å². The van der Waals surface area contributed by atoms with Gasteiger partial charge in [-0.1, -0.05) is 0 Å². The van der Waals surface area contributed by atoms with Crippen LogP contribution in [0.15, 0.2) is 22.8 Å². The molecule has 2 aromatic heterocycles. The molecule has 3 aromatic rings. The zero-order valence-electron chi connectivity index (χ0n) is 16.4. The maximum Gasteiger partial charge on any atom is 0.435 e. The topological polar surface area (TPSA) is 98.3 Å². The van der Waals surface area contributed by atoms with Crippen molar-refractivity contribution >= 4 is 28.3 Å². The molecule has 1 aromatic carbocycles. The Morgan fingerprint density at radius 3 is 2.61 bits per heavy atom. The van der Waals surface area contributed by atoms with E-state index >= 15 is 0 Å². The number of carbonyl (C=O) groups is 1. The first-order chi connectivity index (χ1) is 14.9. The molecule has 1 aliphatic heterocycles. The zero-order valence-corrected chi connectivity index (χ0v) is 16.4. The quantitative estimate of drug-likeness (QED) is 0.657. The fourth-order valence-electron chi connectivity index (χ4n) is 3.74. The van der Waals surface area contributed by atoms with E-state index in [0.717, 1.165) is 29.3 Å². The van der Waals surface area contributed by atoms with E-state index in [1.54, 1.807) is 12.1 Å². The van der Waals surface area contributed by atoms with Crippen LogP contribution in [0.25, 0.3) is 11.0 Å². The number of fused-ring (bicyclic) bond motifs is 1. The second-order valence-electron chi connectivity index (χ2n) is 7.63. The number of hydrogen-bond acceptors (Lipinski definition) is 7. The SMILES string of the molecule is O=C(Cn1nc(C(F)(F)F)cc1C1CC1)Nc1ccc(N2CCOCC2)c2nonc12. The van der Waals surface area contributed by atoms with E-state index < -0.39 is 17.8 Å². The van der Waals surface area contributed by atoms with Gasteiger partial charge < -0.3 is 15.0 Å². The third-order valence-electron chi connectivity index (χ3n) is 5.41. The van der Waals surface area contributed by atoms with E-state index in [4.69, 9.17) is 9.37 Å². The zero-order chi connectivity index (χ0) is 21.6. The molecule has 1 amide bonds. The van der Waals surface area contributed by atoms with Crippen LogP contribution in [0.5, 0.6) is 0 Å². The number of nitrogens with one attached hydrogen (secondary N) is 1. The lowest BCUT2D eigenvalue weighted by molar-refractivity contribution is -0.141. The van der Waals surface area contributed by atoms with Gasteiger partial charge in [-0.05, 0) is 41.4 Å². The maximum atomic E-state index is 13.1. The summed E-state index contributed by atoms with van der Waals surface area (Å²) in [5.41, 5.74) is 1.50.